The minimum atomic E-state index is -4.51. The quantitative estimate of drug-likeness (QED) is 0.550. The number of hydrogen-bond donors (Lipinski definition) is 1. The van der Waals surface area contributed by atoms with Gasteiger partial charge < -0.3 is 4.98 Å². The van der Waals surface area contributed by atoms with Crippen molar-refractivity contribution in [3.63, 3.8) is 0 Å². The molecule has 3 aromatic rings. The summed E-state index contributed by atoms with van der Waals surface area (Å²) in [4.78, 5) is 2.42. The topological polar surface area (TPSA) is 15.8 Å². The molecule has 108 valence electrons. The molecule has 2 aromatic carbocycles. The van der Waals surface area contributed by atoms with Crippen molar-refractivity contribution in [3.8, 4) is 11.1 Å². The number of rotatable bonds is 1. The van der Waals surface area contributed by atoms with Crippen LogP contribution in [0.5, 0.6) is 0 Å². The lowest BCUT2D eigenvalue weighted by Gasteiger charge is -2.10. The average molecular weight is 330 g/mol. The Morgan fingerprint density at radius 1 is 0.905 bits per heavy atom. The summed E-state index contributed by atoms with van der Waals surface area (Å²) < 4.78 is 39.9. The van der Waals surface area contributed by atoms with Crippen molar-refractivity contribution in [2.45, 2.75) is 6.18 Å². The maximum atomic E-state index is 13.3. The highest BCUT2D eigenvalue weighted by molar-refractivity contribution is 6.44. The SMILES string of the molecule is FC(F)(F)c1[nH]c2ccccc2c1-c1cccc(Cl)c1Cl. The summed E-state index contributed by atoms with van der Waals surface area (Å²) >= 11 is 12.0. The molecule has 1 aromatic heterocycles. The monoisotopic (exact) mass is 329 g/mol. The number of aromatic amines is 1. The van der Waals surface area contributed by atoms with Gasteiger partial charge in [0.25, 0.3) is 0 Å². The fraction of sp³-hybridized carbons (Fsp3) is 0.0667. The molecule has 0 atom stereocenters. The standard InChI is InChI=1S/C15H8Cl2F3N/c16-10-6-3-5-9(13(10)17)12-8-4-1-2-7-11(8)21-14(12)15(18,19)20/h1-7,21H. The zero-order chi connectivity index (χ0) is 15.2. The van der Waals surface area contributed by atoms with E-state index in [9.17, 15) is 13.2 Å². The number of fused-ring (bicyclic) bond motifs is 1. The van der Waals surface area contributed by atoms with Crippen LogP contribution in [0.15, 0.2) is 42.5 Å². The van der Waals surface area contributed by atoms with Gasteiger partial charge in [0.1, 0.15) is 5.69 Å². The molecule has 1 heterocycles. The van der Waals surface area contributed by atoms with Gasteiger partial charge >= 0.3 is 6.18 Å². The first-order valence-electron chi connectivity index (χ1n) is 6.02. The van der Waals surface area contributed by atoms with Crippen molar-refractivity contribution in [3.05, 3.63) is 58.2 Å². The minimum absolute atomic E-state index is 0.0191. The summed E-state index contributed by atoms with van der Waals surface area (Å²) in [6, 6.07) is 11.2. The summed E-state index contributed by atoms with van der Waals surface area (Å²) in [5, 5.41) is 0.774. The maximum absolute atomic E-state index is 13.3. The van der Waals surface area contributed by atoms with Crippen molar-refractivity contribution in [2.24, 2.45) is 0 Å². The predicted octanol–water partition coefficient (Wildman–Crippen LogP) is 6.16. The lowest BCUT2D eigenvalue weighted by atomic mass is 10.0. The molecule has 0 bridgehead atoms. The van der Waals surface area contributed by atoms with Crippen molar-refractivity contribution >= 4 is 34.1 Å². The van der Waals surface area contributed by atoms with Crippen molar-refractivity contribution < 1.29 is 13.2 Å². The van der Waals surface area contributed by atoms with E-state index in [1.807, 2.05) is 0 Å². The largest absolute Gasteiger partial charge is 0.431 e. The molecule has 1 nitrogen and oxygen atoms in total. The average Bonchev–Trinajstić information content (AvgIpc) is 2.81. The molecule has 6 heteroatoms. The van der Waals surface area contributed by atoms with Crippen LogP contribution in [0.4, 0.5) is 13.2 Å². The second-order valence-corrected chi connectivity index (χ2v) is 5.30. The molecule has 0 saturated carbocycles. The summed E-state index contributed by atoms with van der Waals surface area (Å²) in [5.74, 6) is 0. The Balaban J connectivity index is 2.42. The number of hydrogen-bond acceptors (Lipinski definition) is 0. The third-order valence-electron chi connectivity index (χ3n) is 3.21. The van der Waals surface area contributed by atoms with E-state index in [-0.39, 0.29) is 21.2 Å². The van der Waals surface area contributed by atoms with Gasteiger partial charge in [0.2, 0.25) is 0 Å². The lowest BCUT2D eigenvalue weighted by Crippen LogP contribution is -2.07. The van der Waals surface area contributed by atoms with E-state index in [4.69, 9.17) is 23.2 Å². The zero-order valence-electron chi connectivity index (χ0n) is 10.4. The molecule has 3 rings (SSSR count). The van der Waals surface area contributed by atoms with Gasteiger partial charge in [-0.3, -0.25) is 0 Å². The van der Waals surface area contributed by atoms with Crippen LogP contribution in [-0.2, 0) is 6.18 Å². The fourth-order valence-electron chi connectivity index (χ4n) is 2.33. The Bertz CT molecular complexity index is 821. The van der Waals surface area contributed by atoms with Crippen molar-refractivity contribution in [2.75, 3.05) is 0 Å². The van der Waals surface area contributed by atoms with Crippen molar-refractivity contribution in [1.29, 1.82) is 0 Å². The minimum Gasteiger partial charge on any atom is -0.350 e. The molecule has 21 heavy (non-hydrogen) atoms. The molecular weight excluding hydrogens is 322 g/mol. The van der Waals surface area contributed by atoms with Gasteiger partial charge in [0.15, 0.2) is 0 Å². The summed E-state index contributed by atoms with van der Waals surface area (Å²) in [7, 11) is 0. The Morgan fingerprint density at radius 3 is 2.33 bits per heavy atom. The molecule has 0 aliphatic carbocycles. The van der Waals surface area contributed by atoms with E-state index < -0.39 is 11.9 Å². The molecule has 0 unspecified atom stereocenters. The van der Waals surface area contributed by atoms with Crippen LogP contribution in [0.2, 0.25) is 10.0 Å². The molecule has 0 saturated heterocycles. The van der Waals surface area contributed by atoms with E-state index >= 15 is 0 Å². The first-order valence-corrected chi connectivity index (χ1v) is 6.77. The van der Waals surface area contributed by atoms with Gasteiger partial charge in [-0.2, -0.15) is 13.2 Å². The first-order chi connectivity index (χ1) is 9.89. The number of aromatic nitrogens is 1. The number of nitrogens with one attached hydrogen (secondary N) is 1. The second kappa shape index (κ2) is 4.97. The van der Waals surface area contributed by atoms with Crippen molar-refractivity contribution in [1.82, 2.24) is 4.98 Å². The molecule has 0 spiro atoms. The van der Waals surface area contributed by atoms with E-state index in [2.05, 4.69) is 4.98 Å². The number of H-pyrrole nitrogens is 1. The number of benzene rings is 2. The Hall–Kier alpha value is -1.65. The lowest BCUT2D eigenvalue weighted by molar-refractivity contribution is -0.140. The normalized spacial score (nSPS) is 12.0. The highest BCUT2D eigenvalue weighted by Crippen LogP contribution is 2.44. The molecule has 0 aliphatic heterocycles. The van der Waals surface area contributed by atoms with Gasteiger partial charge in [-0.1, -0.05) is 53.5 Å². The van der Waals surface area contributed by atoms with Gasteiger partial charge in [-0.05, 0) is 12.1 Å². The van der Waals surface area contributed by atoms with Crippen LogP contribution in [0, 0.1) is 0 Å². The van der Waals surface area contributed by atoms with Crippen LogP contribution < -0.4 is 0 Å². The van der Waals surface area contributed by atoms with Crippen LogP contribution in [0.3, 0.4) is 0 Å². The molecule has 0 radical (unpaired) electrons. The Kier molecular flexibility index (Phi) is 3.38. The molecule has 1 N–H and O–H groups in total. The predicted molar refractivity (Wildman–Crippen MR) is 78.8 cm³/mol. The maximum Gasteiger partial charge on any atom is 0.431 e. The van der Waals surface area contributed by atoms with E-state index in [0.29, 0.717) is 10.9 Å². The highest BCUT2D eigenvalue weighted by atomic mass is 35.5. The third kappa shape index (κ3) is 2.39. The number of para-hydroxylation sites is 1. The van der Waals surface area contributed by atoms with Gasteiger partial charge in [0, 0.05) is 22.0 Å². The molecule has 0 amide bonds. The van der Waals surface area contributed by atoms with E-state index in [1.54, 1.807) is 30.3 Å². The molecular formula is C15H8Cl2F3N. The summed E-state index contributed by atoms with van der Waals surface area (Å²) in [6.07, 6.45) is -4.51. The van der Waals surface area contributed by atoms with Gasteiger partial charge in [-0.15, -0.1) is 0 Å². The summed E-state index contributed by atoms with van der Waals surface area (Å²) in [5.41, 5.74) is -0.150. The Morgan fingerprint density at radius 2 is 1.62 bits per heavy atom. The number of halogens is 5. The molecule has 0 fully saturated rings. The van der Waals surface area contributed by atoms with Gasteiger partial charge in [-0.25, -0.2) is 0 Å². The Labute approximate surface area is 128 Å². The summed E-state index contributed by atoms with van der Waals surface area (Å²) in [6.45, 7) is 0. The number of alkyl halides is 3. The van der Waals surface area contributed by atoms with Crippen LogP contribution >= 0.6 is 23.2 Å². The second-order valence-electron chi connectivity index (χ2n) is 4.52. The van der Waals surface area contributed by atoms with Crippen LogP contribution in [0.1, 0.15) is 5.69 Å². The van der Waals surface area contributed by atoms with E-state index in [1.165, 1.54) is 12.1 Å². The van der Waals surface area contributed by atoms with Gasteiger partial charge in [0.05, 0.1) is 10.0 Å². The van der Waals surface area contributed by atoms with E-state index in [0.717, 1.165) is 0 Å². The fourth-order valence-corrected chi connectivity index (χ4v) is 2.73. The van der Waals surface area contributed by atoms with Crippen LogP contribution in [-0.4, -0.2) is 4.98 Å². The third-order valence-corrected chi connectivity index (χ3v) is 4.03. The first kappa shape index (κ1) is 14.3. The smallest absolute Gasteiger partial charge is 0.350 e. The van der Waals surface area contributed by atoms with Crippen LogP contribution in [0.25, 0.3) is 22.0 Å². The molecule has 0 aliphatic rings. The highest BCUT2D eigenvalue weighted by Gasteiger charge is 2.37. The zero-order valence-corrected chi connectivity index (χ0v) is 11.9.